The molecule has 0 radical (unpaired) electrons. The molecular formula is C19H28N2O3. The Bertz CT molecular complexity index is 588. The van der Waals surface area contributed by atoms with Crippen LogP contribution in [0.15, 0.2) is 18.2 Å². The molecule has 0 bridgehead atoms. The Kier molecular flexibility index (Phi) is 6.23. The average molecular weight is 332 g/mol. The zero-order valence-electron chi connectivity index (χ0n) is 15.2. The second-order valence-electron chi connectivity index (χ2n) is 6.32. The molecule has 1 aliphatic rings. The van der Waals surface area contributed by atoms with Crippen LogP contribution in [-0.4, -0.2) is 54.9 Å². The Morgan fingerprint density at radius 1 is 1.08 bits per heavy atom. The lowest BCUT2D eigenvalue weighted by Crippen LogP contribution is -2.51. The van der Waals surface area contributed by atoms with Gasteiger partial charge in [0.2, 0.25) is 5.91 Å². The van der Waals surface area contributed by atoms with Crippen LogP contribution in [0.3, 0.4) is 0 Å². The molecular weight excluding hydrogens is 304 g/mol. The molecule has 1 aromatic rings. The van der Waals surface area contributed by atoms with E-state index in [4.69, 9.17) is 4.74 Å². The smallest absolute Gasteiger partial charge is 0.254 e. The van der Waals surface area contributed by atoms with Crippen molar-refractivity contribution in [2.75, 3.05) is 33.3 Å². The van der Waals surface area contributed by atoms with Crippen molar-refractivity contribution in [3.8, 4) is 5.75 Å². The predicted molar refractivity (Wildman–Crippen MR) is 94.3 cm³/mol. The highest BCUT2D eigenvalue weighted by Gasteiger charge is 2.27. The van der Waals surface area contributed by atoms with E-state index in [2.05, 4.69) is 13.8 Å². The number of carbonyl (C=O) groups is 2. The van der Waals surface area contributed by atoms with Gasteiger partial charge in [0.05, 0.1) is 7.11 Å². The van der Waals surface area contributed by atoms with Crippen LogP contribution >= 0.6 is 0 Å². The normalized spacial score (nSPS) is 14.9. The zero-order valence-corrected chi connectivity index (χ0v) is 15.2. The van der Waals surface area contributed by atoms with Crippen molar-refractivity contribution >= 4 is 11.8 Å². The summed E-state index contributed by atoms with van der Waals surface area (Å²) in [6.45, 7) is 8.46. The first-order valence-corrected chi connectivity index (χ1v) is 8.74. The van der Waals surface area contributed by atoms with Crippen molar-refractivity contribution in [1.82, 2.24) is 9.80 Å². The first kappa shape index (κ1) is 18.3. The van der Waals surface area contributed by atoms with Gasteiger partial charge < -0.3 is 14.5 Å². The monoisotopic (exact) mass is 332 g/mol. The van der Waals surface area contributed by atoms with Crippen molar-refractivity contribution in [2.45, 2.75) is 33.6 Å². The molecule has 24 heavy (non-hydrogen) atoms. The van der Waals surface area contributed by atoms with Crippen LogP contribution in [0.2, 0.25) is 0 Å². The summed E-state index contributed by atoms with van der Waals surface area (Å²) in [4.78, 5) is 28.8. The summed E-state index contributed by atoms with van der Waals surface area (Å²) in [7, 11) is 1.61. The van der Waals surface area contributed by atoms with E-state index in [0.29, 0.717) is 31.7 Å². The molecule has 0 spiro atoms. The number of carbonyl (C=O) groups excluding carboxylic acids is 2. The molecule has 1 fully saturated rings. The quantitative estimate of drug-likeness (QED) is 0.833. The van der Waals surface area contributed by atoms with Crippen LogP contribution in [0.1, 0.15) is 42.6 Å². The number of aryl methyl sites for hydroxylation is 1. The summed E-state index contributed by atoms with van der Waals surface area (Å²) in [6, 6.07) is 5.53. The van der Waals surface area contributed by atoms with Crippen molar-refractivity contribution in [3.63, 3.8) is 0 Å². The van der Waals surface area contributed by atoms with E-state index >= 15 is 0 Å². The molecule has 0 unspecified atom stereocenters. The van der Waals surface area contributed by atoms with Crippen LogP contribution in [0.25, 0.3) is 0 Å². The molecule has 2 amide bonds. The third kappa shape index (κ3) is 3.89. The predicted octanol–water partition coefficient (Wildman–Crippen LogP) is 2.72. The minimum atomic E-state index is 0.00271. The second-order valence-corrected chi connectivity index (χ2v) is 6.32. The fraction of sp³-hybridized carbons (Fsp3) is 0.579. The van der Waals surface area contributed by atoms with Gasteiger partial charge in [0.1, 0.15) is 5.75 Å². The van der Waals surface area contributed by atoms with Gasteiger partial charge in [0.15, 0.2) is 0 Å². The number of rotatable bonds is 5. The van der Waals surface area contributed by atoms with Crippen LogP contribution in [-0.2, 0) is 4.79 Å². The molecule has 5 heteroatoms. The van der Waals surface area contributed by atoms with Crippen LogP contribution in [0, 0.1) is 12.8 Å². The fourth-order valence-corrected chi connectivity index (χ4v) is 3.16. The van der Waals surface area contributed by atoms with E-state index in [0.717, 1.165) is 24.2 Å². The van der Waals surface area contributed by atoms with Gasteiger partial charge in [-0.2, -0.15) is 0 Å². The Morgan fingerprint density at radius 3 is 2.21 bits per heavy atom. The number of methoxy groups -OCH3 is 1. The van der Waals surface area contributed by atoms with Crippen LogP contribution in [0.5, 0.6) is 5.75 Å². The topological polar surface area (TPSA) is 49.9 Å². The van der Waals surface area contributed by atoms with Crippen molar-refractivity contribution in [1.29, 1.82) is 0 Å². The maximum atomic E-state index is 12.7. The van der Waals surface area contributed by atoms with Crippen molar-refractivity contribution < 1.29 is 14.3 Å². The van der Waals surface area contributed by atoms with Gasteiger partial charge in [0.25, 0.3) is 5.91 Å². The number of piperazine rings is 1. The lowest BCUT2D eigenvalue weighted by atomic mass is 10.0. The molecule has 5 nitrogen and oxygen atoms in total. The molecule has 1 saturated heterocycles. The van der Waals surface area contributed by atoms with Crippen LogP contribution < -0.4 is 4.74 Å². The van der Waals surface area contributed by atoms with Gasteiger partial charge in [-0.3, -0.25) is 9.59 Å². The fourth-order valence-electron chi connectivity index (χ4n) is 3.16. The van der Waals surface area contributed by atoms with E-state index in [1.807, 2.05) is 28.9 Å². The van der Waals surface area contributed by atoms with Gasteiger partial charge in [0, 0.05) is 37.7 Å². The standard InChI is InChI=1S/C19H28N2O3/c1-5-15(6-2)18(22)20-9-11-21(12-10-20)19(23)16-8-7-14(3)17(13-16)24-4/h7-8,13,15H,5-6,9-12H2,1-4H3. The molecule has 0 atom stereocenters. The molecule has 0 N–H and O–H groups in total. The number of hydrogen-bond acceptors (Lipinski definition) is 3. The highest BCUT2D eigenvalue weighted by atomic mass is 16.5. The van der Waals surface area contributed by atoms with Gasteiger partial charge >= 0.3 is 0 Å². The lowest BCUT2D eigenvalue weighted by molar-refractivity contribution is -0.137. The van der Waals surface area contributed by atoms with Gasteiger partial charge in [-0.25, -0.2) is 0 Å². The number of benzene rings is 1. The van der Waals surface area contributed by atoms with E-state index in [9.17, 15) is 9.59 Å². The maximum absolute atomic E-state index is 12.7. The number of hydrogen-bond donors (Lipinski definition) is 0. The van der Waals surface area contributed by atoms with Gasteiger partial charge in [-0.05, 0) is 37.5 Å². The van der Waals surface area contributed by atoms with Crippen molar-refractivity contribution in [3.05, 3.63) is 29.3 Å². The van der Waals surface area contributed by atoms with E-state index in [-0.39, 0.29) is 17.7 Å². The Hall–Kier alpha value is -2.04. The molecule has 1 heterocycles. The molecule has 1 aromatic carbocycles. The van der Waals surface area contributed by atoms with Crippen LogP contribution in [0.4, 0.5) is 0 Å². The highest BCUT2D eigenvalue weighted by Crippen LogP contribution is 2.21. The first-order chi connectivity index (χ1) is 11.5. The lowest BCUT2D eigenvalue weighted by Gasteiger charge is -2.36. The third-order valence-electron chi connectivity index (χ3n) is 4.87. The Labute approximate surface area is 144 Å². The van der Waals surface area contributed by atoms with Gasteiger partial charge in [-0.15, -0.1) is 0 Å². The van der Waals surface area contributed by atoms with E-state index < -0.39 is 0 Å². The minimum absolute atomic E-state index is 0.00271. The summed E-state index contributed by atoms with van der Waals surface area (Å²) in [6.07, 6.45) is 1.75. The summed E-state index contributed by atoms with van der Waals surface area (Å²) in [5.41, 5.74) is 1.65. The Morgan fingerprint density at radius 2 is 1.67 bits per heavy atom. The molecule has 132 valence electrons. The van der Waals surface area contributed by atoms with E-state index in [1.54, 1.807) is 13.2 Å². The molecule has 0 aromatic heterocycles. The molecule has 1 aliphatic heterocycles. The second kappa shape index (κ2) is 8.18. The summed E-state index contributed by atoms with van der Waals surface area (Å²) in [5, 5.41) is 0. The number of amides is 2. The van der Waals surface area contributed by atoms with Gasteiger partial charge in [-0.1, -0.05) is 19.9 Å². The SMILES string of the molecule is CCC(CC)C(=O)N1CCN(C(=O)c2ccc(C)c(OC)c2)CC1. The number of ether oxygens (including phenoxy) is 1. The third-order valence-corrected chi connectivity index (χ3v) is 4.87. The highest BCUT2D eigenvalue weighted by molar-refractivity contribution is 5.95. The number of nitrogens with zero attached hydrogens (tertiary/aromatic N) is 2. The first-order valence-electron chi connectivity index (χ1n) is 8.74. The minimum Gasteiger partial charge on any atom is -0.496 e. The summed E-state index contributed by atoms with van der Waals surface area (Å²) >= 11 is 0. The van der Waals surface area contributed by atoms with E-state index in [1.165, 1.54) is 0 Å². The maximum Gasteiger partial charge on any atom is 0.254 e. The molecule has 0 aliphatic carbocycles. The van der Waals surface area contributed by atoms with Crippen molar-refractivity contribution in [2.24, 2.45) is 5.92 Å². The Balaban J connectivity index is 1.99. The average Bonchev–Trinajstić information content (AvgIpc) is 2.62. The molecule has 2 rings (SSSR count). The summed E-state index contributed by atoms with van der Waals surface area (Å²) in [5.74, 6) is 1.06. The summed E-state index contributed by atoms with van der Waals surface area (Å²) < 4.78 is 5.30. The molecule has 0 saturated carbocycles. The zero-order chi connectivity index (χ0) is 17.7. The largest absolute Gasteiger partial charge is 0.496 e.